The molecule has 1 fully saturated rings. The third-order valence-corrected chi connectivity index (χ3v) is 3.91. The van der Waals surface area contributed by atoms with Crippen LogP contribution in [0.1, 0.15) is 32.6 Å². The predicted octanol–water partition coefficient (Wildman–Crippen LogP) is 2.23. The second-order valence-corrected chi connectivity index (χ2v) is 4.96. The molecular weight excluding hydrogens is 168 g/mol. The molecule has 0 radical (unpaired) electrons. The second kappa shape index (κ2) is 4.75. The first-order valence-electron chi connectivity index (χ1n) is 4.65. The molecule has 2 nitrogen and oxygen atoms in total. The summed E-state index contributed by atoms with van der Waals surface area (Å²) in [5.74, 6) is 2.41. The minimum absolute atomic E-state index is 0.214. The molecule has 0 aromatic rings. The normalized spacial score (nSPS) is 21.1. The molecule has 70 valence electrons. The Morgan fingerprint density at radius 3 is 2.67 bits per heavy atom. The standard InChI is InChI=1S/C9H18N2S/c1-7(9(10)11)12-6-8-4-2-3-5-8/h7-8H,2-6H2,1H3,(H3,10,11). The molecule has 0 spiro atoms. The van der Waals surface area contributed by atoms with Crippen LogP contribution in [0.4, 0.5) is 0 Å². The van der Waals surface area contributed by atoms with Crippen LogP contribution in [0.3, 0.4) is 0 Å². The highest BCUT2D eigenvalue weighted by Gasteiger charge is 2.16. The van der Waals surface area contributed by atoms with Gasteiger partial charge in [-0.3, -0.25) is 5.41 Å². The molecule has 12 heavy (non-hydrogen) atoms. The van der Waals surface area contributed by atoms with Gasteiger partial charge in [0, 0.05) is 0 Å². The average Bonchev–Trinajstić information content (AvgIpc) is 2.51. The zero-order chi connectivity index (χ0) is 8.97. The lowest BCUT2D eigenvalue weighted by Gasteiger charge is -2.12. The minimum atomic E-state index is 0.214. The van der Waals surface area contributed by atoms with Crippen LogP contribution in [0.25, 0.3) is 0 Å². The number of rotatable bonds is 4. The van der Waals surface area contributed by atoms with E-state index in [2.05, 4.69) is 0 Å². The summed E-state index contributed by atoms with van der Waals surface area (Å²) in [6, 6.07) is 0. The molecule has 0 saturated heterocycles. The van der Waals surface area contributed by atoms with E-state index in [4.69, 9.17) is 11.1 Å². The Balaban J connectivity index is 2.11. The van der Waals surface area contributed by atoms with Crippen LogP contribution in [-0.2, 0) is 0 Å². The molecule has 1 atom stereocenters. The van der Waals surface area contributed by atoms with Gasteiger partial charge in [0.05, 0.1) is 5.25 Å². The first-order chi connectivity index (χ1) is 5.70. The van der Waals surface area contributed by atoms with Crippen molar-refractivity contribution in [3.05, 3.63) is 0 Å². The van der Waals surface area contributed by atoms with Gasteiger partial charge in [-0.05, 0) is 31.4 Å². The van der Waals surface area contributed by atoms with Crippen LogP contribution in [0, 0.1) is 11.3 Å². The van der Waals surface area contributed by atoms with Crippen molar-refractivity contribution in [2.45, 2.75) is 37.9 Å². The van der Waals surface area contributed by atoms with Crippen molar-refractivity contribution < 1.29 is 0 Å². The van der Waals surface area contributed by atoms with Gasteiger partial charge in [0.2, 0.25) is 0 Å². The van der Waals surface area contributed by atoms with Crippen molar-refractivity contribution in [2.75, 3.05) is 5.75 Å². The van der Waals surface area contributed by atoms with Crippen LogP contribution in [0.5, 0.6) is 0 Å². The number of amidine groups is 1. The van der Waals surface area contributed by atoms with Gasteiger partial charge in [0.1, 0.15) is 5.84 Å². The first kappa shape index (κ1) is 9.90. The van der Waals surface area contributed by atoms with E-state index in [1.165, 1.54) is 31.4 Å². The molecule has 1 aliphatic rings. The van der Waals surface area contributed by atoms with Crippen LogP contribution in [0.2, 0.25) is 0 Å². The van der Waals surface area contributed by atoms with Gasteiger partial charge in [-0.25, -0.2) is 0 Å². The van der Waals surface area contributed by atoms with E-state index in [0.717, 1.165) is 5.92 Å². The Kier molecular flexibility index (Phi) is 3.92. The number of nitrogens with two attached hydrogens (primary N) is 1. The summed E-state index contributed by atoms with van der Waals surface area (Å²) in [7, 11) is 0. The maximum absolute atomic E-state index is 7.23. The van der Waals surface area contributed by atoms with Crippen LogP contribution >= 0.6 is 11.8 Å². The van der Waals surface area contributed by atoms with Gasteiger partial charge < -0.3 is 5.73 Å². The van der Waals surface area contributed by atoms with Crippen molar-refractivity contribution in [3.63, 3.8) is 0 Å². The van der Waals surface area contributed by atoms with Crippen molar-refractivity contribution in [2.24, 2.45) is 11.7 Å². The summed E-state index contributed by atoms with van der Waals surface area (Å²) in [5.41, 5.74) is 5.38. The Morgan fingerprint density at radius 2 is 2.17 bits per heavy atom. The molecule has 0 aliphatic heterocycles. The van der Waals surface area contributed by atoms with Gasteiger partial charge in [0.25, 0.3) is 0 Å². The average molecular weight is 186 g/mol. The third-order valence-electron chi connectivity index (χ3n) is 2.49. The molecular formula is C9H18N2S. The topological polar surface area (TPSA) is 49.9 Å². The number of hydrogen-bond acceptors (Lipinski definition) is 2. The highest BCUT2D eigenvalue weighted by molar-refractivity contribution is 8.00. The number of nitrogens with one attached hydrogen (secondary N) is 1. The fraction of sp³-hybridized carbons (Fsp3) is 0.889. The van der Waals surface area contributed by atoms with Crippen molar-refractivity contribution in [1.29, 1.82) is 5.41 Å². The lowest BCUT2D eigenvalue weighted by molar-refractivity contribution is 0.623. The Hall–Kier alpha value is -0.180. The van der Waals surface area contributed by atoms with E-state index in [-0.39, 0.29) is 5.25 Å². The van der Waals surface area contributed by atoms with E-state index >= 15 is 0 Å². The predicted molar refractivity (Wildman–Crippen MR) is 55.8 cm³/mol. The van der Waals surface area contributed by atoms with E-state index in [0.29, 0.717) is 5.84 Å². The number of thioether (sulfide) groups is 1. The zero-order valence-electron chi connectivity index (χ0n) is 7.68. The monoisotopic (exact) mass is 186 g/mol. The largest absolute Gasteiger partial charge is 0.387 e. The van der Waals surface area contributed by atoms with Crippen molar-refractivity contribution >= 4 is 17.6 Å². The van der Waals surface area contributed by atoms with Crippen LogP contribution in [-0.4, -0.2) is 16.8 Å². The molecule has 0 aromatic heterocycles. The molecule has 1 aliphatic carbocycles. The Labute approximate surface area is 78.8 Å². The summed E-state index contributed by atoms with van der Waals surface area (Å²) in [4.78, 5) is 0. The first-order valence-corrected chi connectivity index (χ1v) is 5.70. The minimum Gasteiger partial charge on any atom is -0.387 e. The number of hydrogen-bond donors (Lipinski definition) is 2. The lowest BCUT2D eigenvalue weighted by atomic mass is 10.1. The maximum atomic E-state index is 7.23. The van der Waals surface area contributed by atoms with Crippen molar-refractivity contribution in [3.8, 4) is 0 Å². The summed E-state index contributed by atoms with van der Waals surface area (Å²) >= 11 is 1.83. The van der Waals surface area contributed by atoms with Crippen LogP contribution < -0.4 is 5.73 Å². The van der Waals surface area contributed by atoms with Gasteiger partial charge in [-0.2, -0.15) is 11.8 Å². The fourth-order valence-electron chi connectivity index (χ4n) is 1.55. The Morgan fingerprint density at radius 1 is 1.58 bits per heavy atom. The molecule has 0 aromatic carbocycles. The summed E-state index contributed by atoms with van der Waals surface area (Å²) in [5, 5.41) is 7.44. The van der Waals surface area contributed by atoms with E-state index < -0.39 is 0 Å². The molecule has 1 unspecified atom stereocenters. The van der Waals surface area contributed by atoms with Gasteiger partial charge in [-0.15, -0.1) is 0 Å². The molecule has 3 N–H and O–H groups in total. The highest BCUT2D eigenvalue weighted by Crippen LogP contribution is 2.29. The molecule has 1 saturated carbocycles. The van der Waals surface area contributed by atoms with Crippen LogP contribution in [0.15, 0.2) is 0 Å². The molecule has 3 heteroatoms. The van der Waals surface area contributed by atoms with Gasteiger partial charge in [0.15, 0.2) is 0 Å². The third kappa shape index (κ3) is 3.05. The highest BCUT2D eigenvalue weighted by atomic mass is 32.2. The Bertz CT molecular complexity index is 153. The summed E-state index contributed by atoms with van der Waals surface area (Å²) in [6.07, 6.45) is 5.58. The van der Waals surface area contributed by atoms with E-state index in [1.807, 2.05) is 18.7 Å². The molecule has 0 bridgehead atoms. The molecule has 0 amide bonds. The second-order valence-electron chi connectivity index (χ2n) is 3.58. The van der Waals surface area contributed by atoms with Gasteiger partial charge in [-0.1, -0.05) is 12.8 Å². The lowest BCUT2D eigenvalue weighted by Crippen LogP contribution is -2.22. The van der Waals surface area contributed by atoms with Crippen molar-refractivity contribution in [1.82, 2.24) is 0 Å². The van der Waals surface area contributed by atoms with E-state index in [1.54, 1.807) is 0 Å². The smallest absolute Gasteiger partial charge is 0.104 e. The zero-order valence-corrected chi connectivity index (χ0v) is 8.49. The summed E-state index contributed by atoms with van der Waals surface area (Å²) in [6.45, 7) is 2.02. The maximum Gasteiger partial charge on any atom is 0.104 e. The van der Waals surface area contributed by atoms with E-state index in [9.17, 15) is 0 Å². The SMILES string of the molecule is CC(SCC1CCCC1)C(=N)N. The fourth-order valence-corrected chi connectivity index (χ4v) is 2.62. The summed E-state index contributed by atoms with van der Waals surface area (Å²) < 4.78 is 0. The van der Waals surface area contributed by atoms with Gasteiger partial charge >= 0.3 is 0 Å². The molecule has 0 heterocycles. The molecule has 1 rings (SSSR count). The quantitative estimate of drug-likeness (QED) is 0.522.